The first-order valence-electron chi connectivity index (χ1n) is 6.77. The molecular formula is C15H14ClFN2O2. The zero-order valence-corrected chi connectivity index (χ0v) is 12.1. The second-order valence-corrected chi connectivity index (χ2v) is 5.50. The van der Waals surface area contributed by atoms with E-state index in [-0.39, 0.29) is 10.9 Å². The number of aromatic nitrogens is 1. The van der Waals surface area contributed by atoms with Gasteiger partial charge in [0.05, 0.1) is 17.8 Å². The predicted molar refractivity (Wildman–Crippen MR) is 75.4 cm³/mol. The van der Waals surface area contributed by atoms with Gasteiger partial charge in [-0.1, -0.05) is 22.8 Å². The van der Waals surface area contributed by atoms with Crippen LogP contribution < -0.4 is 0 Å². The Bertz CT molecular complexity index is 671. The van der Waals surface area contributed by atoms with E-state index in [1.165, 1.54) is 12.1 Å². The van der Waals surface area contributed by atoms with Crippen molar-refractivity contribution in [3.63, 3.8) is 0 Å². The molecule has 1 aliphatic rings. The summed E-state index contributed by atoms with van der Waals surface area (Å²) in [5.41, 5.74) is 1.74. The highest BCUT2D eigenvalue weighted by Gasteiger charge is 2.23. The summed E-state index contributed by atoms with van der Waals surface area (Å²) in [7, 11) is 0. The van der Waals surface area contributed by atoms with Gasteiger partial charge in [0, 0.05) is 24.9 Å². The Morgan fingerprint density at radius 3 is 3.14 bits per heavy atom. The molecule has 0 saturated carbocycles. The topological polar surface area (TPSA) is 46.3 Å². The summed E-state index contributed by atoms with van der Waals surface area (Å²) in [5.74, 6) is 0.463. The Labute approximate surface area is 126 Å². The molecule has 0 fully saturated rings. The Hall–Kier alpha value is -1.88. The average molecular weight is 309 g/mol. The van der Waals surface area contributed by atoms with Gasteiger partial charge in [-0.25, -0.2) is 4.39 Å². The van der Waals surface area contributed by atoms with E-state index in [0.717, 1.165) is 16.9 Å². The fourth-order valence-corrected chi connectivity index (χ4v) is 2.58. The Kier molecular flexibility index (Phi) is 3.92. The molecule has 0 spiro atoms. The van der Waals surface area contributed by atoms with Crippen molar-refractivity contribution < 1.29 is 13.7 Å². The standard InChI is InChI=1S/C15H14ClFN2O2/c16-12-3-1-10(7-13(12)17)2-4-15(20)19-6-5-14-11(9-19)8-18-21-14/h1,3,7-8H,2,4-6,9H2. The second kappa shape index (κ2) is 5.85. The lowest BCUT2D eigenvalue weighted by atomic mass is 10.1. The fourth-order valence-electron chi connectivity index (χ4n) is 2.46. The Morgan fingerprint density at radius 1 is 1.48 bits per heavy atom. The number of rotatable bonds is 3. The van der Waals surface area contributed by atoms with Crippen molar-refractivity contribution in [3.8, 4) is 0 Å². The Balaban J connectivity index is 1.58. The van der Waals surface area contributed by atoms with Gasteiger partial charge in [0.2, 0.25) is 5.91 Å². The first kappa shape index (κ1) is 14.1. The molecule has 0 atom stereocenters. The normalized spacial score (nSPS) is 14.1. The predicted octanol–water partition coefficient (Wildman–Crippen LogP) is 2.98. The van der Waals surface area contributed by atoms with Crippen LogP contribution in [-0.4, -0.2) is 22.5 Å². The molecule has 0 bridgehead atoms. The molecule has 0 radical (unpaired) electrons. The van der Waals surface area contributed by atoms with Crippen LogP contribution in [0.4, 0.5) is 4.39 Å². The lowest BCUT2D eigenvalue weighted by Crippen LogP contribution is -2.35. The van der Waals surface area contributed by atoms with E-state index in [0.29, 0.717) is 32.4 Å². The van der Waals surface area contributed by atoms with Crippen LogP contribution in [0.2, 0.25) is 5.02 Å². The SMILES string of the molecule is O=C(CCc1ccc(Cl)c(F)c1)N1CCc2oncc2C1. The summed E-state index contributed by atoms with van der Waals surface area (Å²) in [4.78, 5) is 14.0. The molecule has 110 valence electrons. The van der Waals surface area contributed by atoms with Crippen LogP contribution >= 0.6 is 11.6 Å². The monoisotopic (exact) mass is 308 g/mol. The van der Waals surface area contributed by atoms with Crippen molar-refractivity contribution in [2.75, 3.05) is 6.54 Å². The molecule has 1 amide bonds. The van der Waals surface area contributed by atoms with E-state index in [1.807, 2.05) is 0 Å². The summed E-state index contributed by atoms with van der Waals surface area (Å²) >= 11 is 5.64. The lowest BCUT2D eigenvalue weighted by molar-refractivity contribution is -0.132. The minimum absolute atomic E-state index is 0.0530. The number of aryl methyl sites for hydroxylation is 1. The fraction of sp³-hybridized carbons (Fsp3) is 0.333. The zero-order valence-electron chi connectivity index (χ0n) is 11.3. The van der Waals surface area contributed by atoms with Crippen LogP contribution in [0.3, 0.4) is 0 Å². The molecule has 2 heterocycles. The first-order valence-corrected chi connectivity index (χ1v) is 7.15. The summed E-state index contributed by atoms with van der Waals surface area (Å²) in [6.07, 6.45) is 3.20. The van der Waals surface area contributed by atoms with Crippen molar-refractivity contribution in [2.45, 2.75) is 25.8 Å². The highest BCUT2D eigenvalue weighted by Crippen LogP contribution is 2.20. The van der Waals surface area contributed by atoms with Gasteiger partial charge >= 0.3 is 0 Å². The summed E-state index contributed by atoms with van der Waals surface area (Å²) in [6.45, 7) is 1.17. The van der Waals surface area contributed by atoms with Crippen LogP contribution in [0, 0.1) is 5.82 Å². The van der Waals surface area contributed by atoms with Crippen molar-refractivity contribution in [2.24, 2.45) is 0 Å². The number of hydrogen-bond acceptors (Lipinski definition) is 3. The van der Waals surface area contributed by atoms with Crippen LogP contribution in [0.5, 0.6) is 0 Å². The van der Waals surface area contributed by atoms with Gasteiger partial charge in [0.15, 0.2) is 0 Å². The molecule has 1 aliphatic heterocycles. The van der Waals surface area contributed by atoms with Gasteiger partial charge in [-0.15, -0.1) is 0 Å². The van der Waals surface area contributed by atoms with Crippen LogP contribution in [0.15, 0.2) is 28.9 Å². The minimum Gasteiger partial charge on any atom is -0.361 e. The maximum atomic E-state index is 13.3. The van der Waals surface area contributed by atoms with Crippen LogP contribution in [0.1, 0.15) is 23.3 Å². The summed E-state index contributed by atoms with van der Waals surface area (Å²) < 4.78 is 18.4. The van der Waals surface area contributed by atoms with Crippen molar-refractivity contribution in [3.05, 3.63) is 52.1 Å². The van der Waals surface area contributed by atoms with Gasteiger partial charge in [0.1, 0.15) is 11.6 Å². The maximum absolute atomic E-state index is 13.3. The quantitative estimate of drug-likeness (QED) is 0.875. The van der Waals surface area contributed by atoms with E-state index in [9.17, 15) is 9.18 Å². The molecule has 0 unspecified atom stereocenters. The lowest BCUT2D eigenvalue weighted by Gasteiger charge is -2.25. The molecule has 21 heavy (non-hydrogen) atoms. The first-order chi connectivity index (χ1) is 10.1. The molecule has 0 aliphatic carbocycles. The number of amides is 1. The number of halogens is 2. The number of carbonyl (C=O) groups is 1. The van der Waals surface area contributed by atoms with E-state index < -0.39 is 5.82 Å². The average Bonchev–Trinajstić information content (AvgIpc) is 2.95. The number of carbonyl (C=O) groups excluding carboxylic acids is 1. The van der Waals surface area contributed by atoms with Gasteiger partial charge in [-0.2, -0.15) is 0 Å². The molecule has 2 aromatic rings. The smallest absolute Gasteiger partial charge is 0.223 e. The maximum Gasteiger partial charge on any atom is 0.223 e. The second-order valence-electron chi connectivity index (χ2n) is 5.09. The molecule has 1 aromatic carbocycles. The van der Waals surface area contributed by atoms with Gasteiger partial charge < -0.3 is 9.42 Å². The molecular weight excluding hydrogens is 295 g/mol. The molecule has 1 aromatic heterocycles. The van der Waals surface area contributed by atoms with Crippen molar-refractivity contribution >= 4 is 17.5 Å². The highest BCUT2D eigenvalue weighted by atomic mass is 35.5. The van der Waals surface area contributed by atoms with Gasteiger partial charge in [-0.3, -0.25) is 4.79 Å². The van der Waals surface area contributed by atoms with Crippen molar-refractivity contribution in [1.82, 2.24) is 10.1 Å². The summed E-state index contributed by atoms with van der Waals surface area (Å²) in [5, 5.41) is 3.84. The molecule has 0 saturated heterocycles. The summed E-state index contributed by atoms with van der Waals surface area (Å²) in [6, 6.07) is 4.64. The Morgan fingerprint density at radius 2 is 2.33 bits per heavy atom. The van der Waals surface area contributed by atoms with E-state index in [2.05, 4.69) is 5.16 Å². The molecule has 4 nitrogen and oxygen atoms in total. The van der Waals surface area contributed by atoms with Crippen molar-refractivity contribution in [1.29, 1.82) is 0 Å². The zero-order chi connectivity index (χ0) is 14.8. The molecule has 0 N–H and O–H groups in total. The highest BCUT2D eigenvalue weighted by molar-refractivity contribution is 6.30. The van der Waals surface area contributed by atoms with Crippen LogP contribution in [0.25, 0.3) is 0 Å². The van der Waals surface area contributed by atoms with E-state index in [1.54, 1.807) is 17.2 Å². The van der Waals surface area contributed by atoms with Crippen LogP contribution in [-0.2, 0) is 24.2 Å². The number of fused-ring (bicyclic) bond motifs is 1. The van der Waals surface area contributed by atoms with E-state index in [4.69, 9.17) is 16.1 Å². The molecule has 3 rings (SSSR count). The number of hydrogen-bond donors (Lipinski definition) is 0. The van der Waals surface area contributed by atoms with E-state index >= 15 is 0 Å². The van der Waals surface area contributed by atoms with Gasteiger partial charge in [0.25, 0.3) is 0 Å². The number of benzene rings is 1. The van der Waals surface area contributed by atoms with Gasteiger partial charge in [-0.05, 0) is 24.1 Å². The third-order valence-electron chi connectivity index (χ3n) is 3.66. The number of nitrogens with zero attached hydrogens (tertiary/aromatic N) is 2. The molecule has 6 heteroatoms. The third-order valence-corrected chi connectivity index (χ3v) is 3.97. The minimum atomic E-state index is -0.450. The third kappa shape index (κ3) is 3.08. The largest absolute Gasteiger partial charge is 0.361 e.